The molecule has 0 aromatic carbocycles. The van der Waals surface area contributed by atoms with Gasteiger partial charge in [0.2, 0.25) is 0 Å². The standard InChI is InChI=1S/C20H37N5O2.HI/c1-2-21-20(22-9-3-4-10-23-11-5-6-12-23)25-15-13-24(14-16-25)19(26)18-8-7-17-27-18;/h18H,2-17H2,1H3,(H,21,22);1H. The molecule has 1 unspecified atom stereocenters. The highest BCUT2D eigenvalue weighted by Gasteiger charge is 2.30. The summed E-state index contributed by atoms with van der Waals surface area (Å²) >= 11 is 0. The van der Waals surface area contributed by atoms with Crippen molar-refractivity contribution in [2.45, 2.75) is 51.6 Å². The number of aliphatic imine (C=N–C) groups is 1. The number of hydrogen-bond donors (Lipinski definition) is 1. The van der Waals surface area contributed by atoms with Crippen LogP contribution in [-0.4, -0.2) is 98.2 Å². The van der Waals surface area contributed by atoms with Gasteiger partial charge in [0.25, 0.3) is 5.91 Å². The normalized spacial score (nSPS) is 23.8. The van der Waals surface area contributed by atoms with Crippen LogP contribution in [0.1, 0.15) is 45.4 Å². The summed E-state index contributed by atoms with van der Waals surface area (Å²) in [5, 5.41) is 3.42. The smallest absolute Gasteiger partial charge is 0.251 e. The maximum Gasteiger partial charge on any atom is 0.251 e. The minimum absolute atomic E-state index is 0. The van der Waals surface area contributed by atoms with Gasteiger partial charge in [-0.3, -0.25) is 9.79 Å². The lowest BCUT2D eigenvalue weighted by molar-refractivity contribution is -0.142. The predicted molar refractivity (Wildman–Crippen MR) is 123 cm³/mol. The summed E-state index contributed by atoms with van der Waals surface area (Å²) in [6.45, 7) is 11.6. The Morgan fingerprint density at radius 2 is 1.75 bits per heavy atom. The van der Waals surface area contributed by atoms with E-state index in [0.29, 0.717) is 0 Å². The molecule has 3 heterocycles. The van der Waals surface area contributed by atoms with Gasteiger partial charge < -0.3 is 24.8 Å². The fourth-order valence-corrected chi connectivity index (χ4v) is 4.18. The third kappa shape index (κ3) is 7.02. The summed E-state index contributed by atoms with van der Waals surface area (Å²) in [5.41, 5.74) is 0. The first kappa shape index (κ1) is 23.7. The van der Waals surface area contributed by atoms with Crippen LogP contribution in [0.3, 0.4) is 0 Å². The number of carbonyl (C=O) groups is 1. The number of guanidine groups is 1. The van der Waals surface area contributed by atoms with E-state index < -0.39 is 0 Å². The number of ether oxygens (including phenoxy) is 1. The average molecular weight is 507 g/mol. The Morgan fingerprint density at radius 1 is 1.04 bits per heavy atom. The molecule has 3 fully saturated rings. The minimum Gasteiger partial charge on any atom is -0.368 e. The summed E-state index contributed by atoms with van der Waals surface area (Å²) in [6.07, 6.45) is 6.78. The average Bonchev–Trinajstić information content (AvgIpc) is 3.40. The van der Waals surface area contributed by atoms with Crippen molar-refractivity contribution in [1.29, 1.82) is 0 Å². The minimum atomic E-state index is -0.200. The third-order valence-corrected chi connectivity index (χ3v) is 5.77. The van der Waals surface area contributed by atoms with Crippen molar-refractivity contribution in [3.8, 4) is 0 Å². The van der Waals surface area contributed by atoms with E-state index in [1.54, 1.807) is 0 Å². The molecule has 162 valence electrons. The first-order valence-electron chi connectivity index (χ1n) is 10.9. The number of amides is 1. The topological polar surface area (TPSA) is 60.4 Å². The summed E-state index contributed by atoms with van der Waals surface area (Å²) in [5.74, 6) is 1.18. The van der Waals surface area contributed by atoms with Gasteiger partial charge in [-0.05, 0) is 65.1 Å². The van der Waals surface area contributed by atoms with E-state index in [-0.39, 0.29) is 36.0 Å². The molecule has 1 N–H and O–H groups in total. The van der Waals surface area contributed by atoms with Gasteiger partial charge in [0, 0.05) is 45.9 Å². The van der Waals surface area contributed by atoms with Gasteiger partial charge >= 0.3 is 0 Å². The van der Waals surface area contributed by atoms with Crippen LogP contribution >= 0.6 is 24.0 Å². The quantitative estimate of drug-likeness (QED) is 0.247. The zero-order valence-corrected chi connectivity index (χ0v) is 19.7. The van der Waals surface area contributed by atoms with Crippen LogP contribution in [0, 0.1) is 0 Å². The Bertz CT molecular complexity index is 485. The lowest BCUT2D eigenvalue weighted by Crippen LogP contribution is -2.55. The highest BCUT2D eigenvalue weighted by Crippen LogP contribution is 2.16. The Labute approximate surface area is 187 Å². The summed E-state index contributed by atoms with van der Waals surface area (Å²) < 4.78 is 5.55. The molecule has 3 aliphatic rings. The van der Waals surface area contributed by atoms with Gasteiger partial charge in [0.05, 0.1) is 0 Å². The van der Waals surface area contributed by atoms with Crippen molar-refractivity contribution in [2.75, 3.05) is 65.5 Å². The van der Waals surface area contributed by atoms with Crippen molar-refractivity contribution in [1.82, 2.24) is 20.0 Å². The van der Waals surface area contributed by atoms with E-state index >= 15 is 0 Å². The van der Waals surface area contributed by atoms with Crippen LogP contribution in [-0.2, 0) is 9.53 Å². The highest BCUT2D eigenvalue weighted by molar-refractivity contribution is 14.0. The van der Waals surface area contributed by atoms with Gasteiger partial charge in [-0.2, -0.15) is 0 Å². The predicted octanol–water partition coefficient (Wildman–Crippen LogP) is 1.77. The largest absolute Gasteiger partial charge is 0.368 e. The van der Waals surface area contributed by atoms with Crippen LogP contribution in [0.25, 0.3) is 0 Å². The molecule has 28 heavy (non-hydrogen) atoms. The number of nitrogens with one attached hydrogen (secondary N) is 1. The first-order valence-corrected chi connectivity index (χ1v) is 10.9. The zero-order valence-electron chi connectivity index (χ0n) is 17.4. The fraction of sp³-hybridized carbons (Fsp3) is 0.900. The monoisotopic (exact) mass is 507 g/mol. The third-order valence-electron chi connectivity index (χ3n) is 5.77. The molecular weight excluding hydrogens is 469 g/mol. The maximum atomic E-state index is 12.5. The van der Waals surface area contributed by atoms with Crippen LogP contribution in [0.4, 0.5) is 0 Å². The van der Waals surface area contributed by atoms with E-state index in [9.17, 15) is 4.79 Å². The van der Waals surface area contributed by atoms with Crippen molar-refractivity contribution in [2.24, 2.45) is 4.99 Å². The van der Waals surface area contributed by atoms with Crippen LogP contribution in [0.2, 0.25) is 0 Å². The number of piperazine rings is 1. The van der Waals surface area contributed by atoms with Crippen molar-refractivity contribution in [3.05, 3.63) is 0 Å². The Hall–Kier alpha value is -0.610. The number of likely N-dealkylation sites (tertiary alicyclic amines) is 1. The SMILES string of the molecule is CCNC(=NCCCCN1CCCC1)N1CCN(C(=O)C2CCCO2)CC1.I. The Morgan fingerprint density at radius 3 is 2.39 bits per heavy atom. The van der Waals surface area contributed by atoms with Gasteiger partial charge in [0.15, 0.2) is 5.96 Å². The highest BCUT2D eigenvalue weighted by atomic mass is 127. The number of rotatable bonds is 7. The van der Waals surface area contributed by atoms with E-state index in [0.717, 1.165) is 71.1 Å². The molecule has 0 spiro atoms. The number of halogens is 1. The summed E-state index contributed by atoms with van der Waals surface area (Å²) in [7, 11) is 0. The molecule has 7 nitrogen and oxygen atoms in total. The molecule has 0 aliphatic carbocycles. The van der Waals surface area contributed by atoms with Crippen molar-refractivity contribution >= 4 is 35.8 Å². The molecule has 0 aromatic rings. The molecule has 1 atom stereocenters. The lowest BCUT2D eigenvalue weighted by atomic mass is 10.2. The van der Waals surface area contributed by atoms with E-state index in [4.69, 9.17) is 9.73 Å². The first-order chi connectivity index (χ1) is 13.3. The Balaban J connectivity index is 0.00000280. The summed E-state index contributed by atoms with van der Waals surface area (Å²) in [6, 6.07) is 0. The van der Waals surface area contributed by atoms with Gasteiger partial charge in [-0.1, -0.05) is 0 Å². The van der Waals surface area contributed by atoms with Crippen LogP contribution in [0.15, 0.2) is 4.99 Å². The molecule has 3 saturated heterocycles. The molecule has 0 saturated carbocycles. The molecule has 1 amide bonds. The molecule has 0 bridgehead atoms. The number of nitrogens with zero attached hydrogens (tertiary/aromatic N) is 4. The van der Waals surface area contributed by atoms with Gasteiger partial charge in [-0.25, -0.2) is 0 Å². The van der Waals surface area contributed by atoms with Crippen molar-refractivity contribution < 1.29 is 9.53 Å². The van der Waals surface area contributed by atoms with Crippen LogP contribution in [0.5, 0.6) is 0 Å². The van der Waals surface area contributed by atoms with E-state index in [1.807, 2.05) is 4.90 Å². The zero-order chi connectivity index (χ0) is 18.9. The summed E-state index contributed by atoms with van der Waals surface area (Å²) in [4.78, 5) is 24.1. The molecule has 0 aromatic heterocycles. The van der Waals surface area contributed by atoms with Crippen LogP contribution < -0.4 is 5.32 Å². The second-order valence-corrected chi connectivity index (χ2v) is 7.81. The van der Waals surface area contributed by atoms with Gasteiger partial charge in [0.1, 0.15) is 6.10 Å². The van der Waals surface area contributed by atoms with Crippen molar-refractivity contribution in [3.63, 3.8) is 0 Å². The molecule has 3 rings (SSSR count). The Kier molecular flexibility index (Phi) is 10.9. The fourth-order valence-electron chi connectivity index (χ4n) is 4.18. The molecule has 3 aliphatic heterocycles. The maximum absolute atomic E-state index is 12.5. The van der Waals surface area contributed by atoms with E-state index in [2.05, 4.69) is 22.0 Å². The molecule has 0 radical (unpaired) electrons. The van der Waals surface area contributed by atoms with Gasteiger partial charge in [-0.15, -0.1) is 24.0 Å². The molecular formula is C20H38IN5O2. The number of carbonyl (C=O) groups excluding carboxylic acids is 1. The second-order valence-electron chi connectivity index (χ2n) is 7.81. The lowest BCUT2D eigenvalue weighted by Gasteiger charge is -2.37. The second kappa shape index (κ2) is 12.8. The number of hydrogen-bond acceptors (Lipinski definition) is 4. The van der Waals surface area contributed by atoms with E-state index in [1.165, 1.54) is 38.9 Å². The number of unbranched alkanes of at least 4 members (excludes halogenated alkanes) is 1. The molecule has 8 heteroatoms.